The van der Waals surface area contributed by atoms with Crippen LogP contribution < -0.4 is 0 Å². The molecular formula is C30H34N2O4. The van der Waals surface area contributed by atoms with Gasteiger partial charge in [0, 0.05) is 30.7 Å². The van der Waals surface area contributed by atoms with Crippen LogP contribution in [0.1, 0.15) is 63.2 Å². The Bertz CT molecular complexity index is 1350. The maximum Gasteiger partial charge on any atom is 0.338 e. The van der Waals surface area contributed by atoms with Crippen LogP contribution in [0, 0.1) is 34.5 Å². The summed E-state index contributed by atoms with van der Waals surface area (Å²) in [5, 5.41) is 5.26. The Kier molecular flexibility index (Phi) is 5.19. The first-order chi connectivity index (χ1) is 17.1. The first-order valence-electron chi connectivity index (χ1n) is 13.2. The normalized spacial score (nSPS) is 37.2. The van der Waals surface area contributed by atoms with Crippen LogP contribution in [0.15, 0.2) is 48.2 Å². The molecule has 6 heteroatoms. The van der Waals surface area contributed by atoms with E-state index < -0.39 is 0 Å². The van der Waals surface area contributed by atoms with Crippen LogP contribution in [0.3, 0.4) is 0 Å². The Morgan fingerprint density at radius 3 is 2.78 bits per heavy atom. The molecule has 1 aromatic carbocycles. The van der Waals surface area contributed by atoms with Crippen LogP contribution in [-0.4, -0.2) is 33.4 Å². The fraction of sp³-hybridized carbons (Fsp3) is 0.533. The van der Waals surface area contributed by atoms with E-state index >= 15 is 0 Å². The largest absolute Gasteiger partial charge is 0.458 e. The van der Waals surface area contributed by atoms with Crippen molar-refractivity contribution < 1.29 is 19.1 Å². The molecule has 6 nitrogen and oxygen atoms in total. The molecule has 0 amide bonds. The summed E-state index contributed by atoms with van der Waals surface area (Å²) in [7, 11) is 1.86. The molecule has 36 heavy (non-hydrogen) atoms. The number of nitrogens with zero attached hydrogens (tertiary/aromatic N) is 2. The number of Topliss-reactive ketones (excluding diaryl/α,β-unsaturated/α-hetero) is 1. The van der Waals surface area contributed by atoms with E-state index in [1.807, 2.05) is 19.2 Å². The summed E-state index contributed by atoms with van der Waals surface area (Å²) < 4.78 is 8.19. The molecule has 2 fully saturated rings. The molecule has 7 atom stereocenters. The Balaban J connectivity index is 1.41. The van der Waals surface area contributed by atoms with Crippen molar-refractivity contribution >= 4 is 28.4 Å². The quantitative estimate of drug-likeness (QED) is 0.556. The van der Waals surface area contributed by atoms with E-state index in [1.54, 1.807) is 29.9 Å². The summed E-state index contributed by atoms with van der Waals surface area (Å²) in [6, 6.07) is 5.55. The van der Waals surface area contributed by atoms with Crippen LogP contribution in [0.2, 0.25) is 0 Å². The predicted molar refractivity (Wildman–Crippen MR) is 136 cm³/mol. The highest BCUT2D eigenvalue weighted by Crippen LogP contribution is 2.65. The maximum atomic E-state index is 13.6. The third-order valence-electron chi connectivity index (χ3n) is 10.2. The van der Waals surface area contributed by atoms with Gasteiger partial charge < -0.3 is 4.74 Å². The lowest BCUT2D eigenvalue weighted by atomic mass is 9.47. The summed E-state index contributed by atoms with van der Waals surface area (Å²) >= 11 is 0. The third-order valence-corrected chi connectivity index (χ3v) is 10.2. The standard InChI is InChI=1S/C30H34N2O4/c1-17(33)23-9-10-24-22-8-7-20-14-21(34)11-12-29(20,2)27(22)26(15-30(23,24)3)36-28(35)18-5-6-19-16-31-32(4)25(19)13-18/h5-8,13-14,16,22-24,26-27H,9-12,15H2,1-4H3/t22-,23+,24-,26-,27-,29+,30+/m0/s1. The number of benzene rings is 1. The number of rotatable bonds is 3. The summed E-state index contributed by atoms with van der Waals surface area (Å²) in [5.74, 6) is 0.709. The molecular weight excluding hydrogens is 452 g/mol. The van der Waals surface area contributed by atoms with Gasteiger partial charge in [-0.25, -0.2) is 4.79 Å². The zero-order chi connectivity index (χ0) is 25.4. The van der Waals surface area contributed by atoms with E-state index in [4.69, 9.17) is 4.74 Å². The highest BCUT2D eigenvalue weighted by atomic mass is 16.5. The Morgan fingerprint density at radius 1 is 1.19 bits per heavy atom. The first-order valence-corrected chi connectivity index (χ1v) is 13.2. The van der Waals surface area contributed by atoms with Crippen molar-refractivity contribution in [3.8, 4) is 0 Å². The smallest absolute Gasteiger partial charge is 0.338 e. The second-order valence-corrected chi connectivity index (χ2v) is 12.0. The van der Waals surface area contributed by atoms with Crippen LogP contribution >= 0.6 is 0 Å². The number of allylic oxidation sites excluding steroid dienone is 4. The highest BCUT2D eigenvalue weighted by molar-refractivity contribution is 5.94. The molecule has 0 saturated heterocycles. The number of carbonyl (C=O) groups is 3. The summed E-state index contributed by atoms with van der Waals surface area (Å²) in [6.07, 6.45) is 11.5. The molecule has 0 aliphatic heterocycles. The summed E-state index contributed by atoms with van der Waals surface area (Å²) in [6.45, 7) is 6.19. The average Bonchev–Trinajstić information content (AvgIpc) is 3.38. The molecule has 2 aromatic rings. The zero-order valence-electron chi connectivity index (χ0n) is 21.5. The molecule has 188 valence electrons. The van der Waals surface area contributed by atoms with Crippen LogP contribution in [0.5, 0.6) is 0 Å². The maximum absolute atomic E-state index is 13.6. The molecule has 0 bridgehead atoms. The van der Waals surface area contributed by atoms with Gasteiger partial charge in [-0.1, -0.05) is 32.1 Å². The van der Waals surface area contributed by atoms with Gasteiger partial charge in [-0.3, -0.25) is 14.3 Å². The van der Waals surface area contributed by atoms with Crippen molar-refractivity contribution in [3.63, 3.8) is 0 Å². The van der Waals surface area contributed by atoms with Crippen molar-refractivity contribution in [2.45, 2.75) is 59.0 Å². The zero-order valence-corrected chi connectivity index (χ0v) is 21.5. The van der Waals surface area contributed by atoms with Gasteiger partial charge in [-0.05, 0) is 79.1 Å². The fourth-order valence-corrected chi connectivity index (χ4v) is 8.35. The topological polar surface area (TPSA) is 78.3 Å². The third kappa shape index (κ3) is 3.29. The van der Waals surface area contributed by atoms with Crippen LogP contribution in [-0.2, 0) is 21.4 Å². The van der Waals surface area contributed by atoms with E-state index in [1.165, 1.54) is 0 Å². The molecule has 0 N–H and O–H groups in total. The van der Waals surface area contributed by atoms with Gasteiger partial charge in [0.1, 0.15) is 11.9 Å². The Labute approximate surface area is 211 Å². The lowest BCUT2D eigenvalue weighted by molar-refractivity contribution is -0.135. The van der Waals surface area contributed by atoms with E-state index in [9.17, 15) is 14.4 Å². The van der Waals surface area contributed by atoms with E-state index in [2.05, 4.69) is 31.1 Å². The predicted octanol–water partition coefficient (Wildman–Crippen LogP) is 5.22. The summed E-state index contributed by atoms with van der Waals surface area (Å²) in [4.78, 5) is 38.6. The minimum atomic E-state index is -0.336. The second-order valence-electron chi connectivity index (χ2n) is 12.0. The SMILES string of the molecule is CC(=O)[C@H]1CC[C@H]2[C@@H]3C=CC4=CC(=O)CC[C@@]4(C)[C@@H]3[C@@H](OC(=O)c3ccc4cnn(C)c4c3)C[C@]12C. The molecule has 1 aromatic heterocycles. The number of hydrogen-bond acceptors (Lipinski definition) is 5. The Morgan fingerprint density at radius 2 is 2.00 bits per heavy atom. The average molecular weight is 487 g/mol. The van der Waals surface area contributed by atoms with Crippen LogP contribution in [0.25, 0.3) is 10.9 Å². The number of carbonyl (C=O) groups excluding carboxylic acids is 3. The molecule has 1 heterocycles. The van der Waals surface area contributed by atoms with Gasteiger partial charge in [0.2, 0.25) is 0 Å². The second kappa shape index (κ2) is 7.99. The van der Waals surface area contributed by atoms with Crippen molar-refractivity contribution in [1.29, 1.82) is 0 Å². The number of aromatic nitrogens is 2. The van der Waals surface area contributed by atoms with Crippen LogP contribution in [0.4, 0.5) is 0 Å². The van der Waals surface area contributed by atoms with Gasteiger partial charge in [-0.15, -0.1) is 0 Å². The summed E-state index contributed by atoms with van der Waals surface area (Å²) in [5.41, 5.74) is 2.00. The number of ketones is 2. The van der Waals surface area contributed by atoms with E-state index in [0.717, 1.165) is 35.7 Å². The van der Waals surface area contributed by atoms with Gasteiger partial charge in [-0.2, -0.15) is 5.10 Å². The lowest BCUT2D eigenvalue weighted by Gasteiger charge is -2.58. The van der Waals surface area contributed by atoms with Crippen molar-refractivity contribution in [2.75, 3.05) is 0 Å². The van der Waals surface area contributed by atoms with Gasteiger partial charge >= 0.3 is 5.97 Å². The molecule has 0 unspecified atom stereocenters. The molecule has 4 aliphatic carbocycles. The molecule has 2 saturated carbocycles. The van der Waals surface area contributed by atoms with Gasteiger partial charge in [0.05, 0.1) is 17.3 Å². The number of aryl methyl sites for hydroxylation is 1. The number of esters is 1. The molecule has 0 spiro atoms. The fourth-order valence-electron chi connectivity index (χ4n) is 8.35. The number of ether oxygens (including phenoxy) is 1. The minimum Gasteiger partial charge on any atom is -0.458 e. The number of fused-ring (bicyclic) bond motifs is 6. The Hall–Kier alpha value is -3.02. The van der Waals surface area contributed by atoms with Gasteiger partial charge in [0.15, 0.2) is 5.78 Å². The van der Waals surface area contributed by atoms with Crippen molar-refractivity contribution in [2.24, 2.45) is 41.5 Å². The number of hydrogen-bond donors (Lipinski definition) is 0. The molecule has 6 rings (SSSR count). The monoisotopic (exact) mass is 486 g/mol. The van der Waals surface area contributed by atoms with E-state index in [-0.39, 0.29) is 52.2 Å². The van der Waals surface area contributed by atoms with Gasteiger partial charge in [0.25, 0.3) is 0 Å². The lowest BCUT2D eigenvalue weighted by Crippen LogP contribution is -2.56. The van der Waals surface area contributed by atoms with E-state index in [0.29, 0.717) is 24.3 Å². The molecule has 4 aliphatic rings. The first kappa shape index (κ1) is 23.4. The highest BCUT2D eigenvalue weighted by Gasteiger charge is 2.63. The van der Waals surface area contributed by atoms with Crippen molar-refractivity contribution in [3.05, 3.63) is 53.8 Å². The minimum absolute atomic E-state index is 0.0125. The van der Waals surface area contributed by atoms with Crippen molar-refractivity contribution in [1.82, 2.24) is 9.78 Å². The molecule has 0 radical (unpaired) electrons.